The molecule has 0 amide bonds. The van der Waals surface area contributed by atoms with Crippen LogP contribution in [-0.4, -0.2) is 42.1 Å². The number of carbonyl (C=O) groups excluding carboxylic acids is 1. The maximum atomic E-state index is 12.4. The van der Waals surface area contributed by atoms with Gasteiger partial charge in [0.1, 0.15) is 6.61 Å². The molecule has 1 N–H and O–H groups in total. The van der Waals surface area contributed by atoms with Gasteiger partial charge in [0, 0.05) is 55.2 Å². The molecule has 0 radical (unpaired) electrons. The van der Waals surface area contributed by atoms with Crippen LogP contribution in [0.4, 0.5) is 5.69 Å². The molecule has 4 rings (SSSR count). The monoisotopic (exact) mass is 485 g/mol. The number of anilines is 1. The molecule has 1 aliphatic heterocycles. The topological polar surface area (TPSA) is 73.3 Å². The summed E-state index contributed by atoms with van der Waals surface area (Å²) in [5.41, 5.74) is 3.47. The van der Waals surface area contributed by atoms with Gasteiger partial charge in [-0.15, -0.1) is 0 Å². The van der Waals surface area contributed by atoms with Crippen LogP contribution in [0, 0.1) is 5.92 Å². The number of aromatic nitrogens is 2. The average Bonchev–Trinajstić information content (AvgIpc) is 2.84. The maximum Gasteiger partial charge on any atom is 0.213 e. The minimum Gasteiger partial charge on any atom is -0.470 e. The van der Waals surface area contributed by atoms with Gasteiger partial charge >= 0.3 is 0 Å². The summed E-state index contributed by atoms with van der Waals surface area (Å²) in [5, 5.41) is 4.57. The average molecular weight is 486 g/mol. The highest BCUT2D eigenvalue weighted by molar-refractivity contribution is 6.33. The molecule has 0 saturated carbocycles. The molecule has 0 aliphatic carbocycles. The van der Waals surface area contributed by atoms with E-state index in [4.69, 9.17) is 32.7 Å². The largest absolute Gasteiger partial charge is 0.470 e. The second kappa shape index (κ2) is 11.5. The third-order valence-electron chi connectivity index (χ3n) is 5.48. The van der Waals surface area contributed by atoms with Crippen molar-refractivity contribution >= 4 is 34.7 Å². The summed E-state index contributed by atoms with van der Waals surface area (Å²) in [5.74, 6) is 0.858. The fourth-order valence-electron chi connectivity index (χ4n) is 3.66. The zero-order valence-corrected chi connectivity index (χ0v) is 19.6. The molecule has 1 aromatic carbocycles. The number of halogens is 2. The number of hydrogen-bond acceptors (Lipinski definition) is 6. The van der Waals surface area contributed by atoms with Gasteiger partial charge < -0.3 is 14.8 Å². The van der Waals surface area contributed by atoms with Crippen molar-refractivity contribution in [3.8, 4) is 17.0 Å². The van der Waals surface area contributed by atoms with E-state index in [-0.39, 0.29) is 18.8 Å². The lowest BCUT2D eigenvalue weighted by molar-refractivity contribution is -0.120. The number of carbonyl (C=O) groups is 1. The van der Waals surface area contributed by atoms with Crippen molar-refractivity contribution in [3.05, 3.63) is 70.6 Å². The third kappa shape index (κ3) is 6.90. The van der Waals surface area contributed by atoms with E-state index in [1.165, 1.54) is 6.20 Å². The molecule has 0 atom stereocenters. The van der Waals surface area contributed by atoms with Crippen LogP contribution in [0.1, 0.15) is 18.5 Å². The smallest absolute Gasteiger partial charge is 0.213 e. The highest BCUT2D eigenvalue weighted by atomic mass is 35.5. The molecule has 0 bridgehead atoms. The Morgan fingerprint density at radius 2 is 1.94 bits per heavy atom. The molecule has 0 spiro atoms. The Labute approximate surface area is 203 Å². The first kappa shape index (κ1) is 23.5. The first-order valence-corrected chi connectivity index (χ1v) is 11.6. The summed E-state index contributed by atoms with van der Waals surface area (Å²) in [6, 6.07) is 13.3. The highest BCUT2D eigenvalue weighted by Gasteiger charge is 2.14. The Hall–Kier alpha value is -2.67. The minimum atomic E-state index is -0.112. The molecule has 3 aromatic rings. The first-order chi connectivity index (χ1) is 16.1. The second-order valence-corrected chi connectivity index (χ2v) is 8.84. The Morgan fingerprint density at radius 1 is 1.09 bits per heavy atom. The summed E-state index contributed by atoms with van der Waals surface area (Å²) in [7, 11) is 0. The van der Waals surface area contributed by atoms with Gasteiger partial charge in [-0.05, 0) is 48.6 Å². The number of nitrogens with zero attached hydrogens (tertiary/aromatic N) is 2. The van der Waals surface area contributed by atoms with Gasteiger partial charge in [-0.1, -0.05) is 35.3 Å². The quantitative estimate of drug-likeness (QED) is 0.432. The van der Waals surface area contributed by atoms with Gasteiger partial charge in [-0.25, -0.2) is 4.98 Å². The Kier molecular flexibility index (Phi) is 8.15. The van der Waals surface area contributed by atoms with Crippen molar-refractivity contribution in [1.29, 1.82) is 0 Å². The number of nitrogens with one attached hydrogen (secondary N) is 1. The Balaban J connectivity index is 1.39. The molecule has 1 aliphatic rings. The van der Waals surface area contributed by atoms with Crippen molar-refractivity contribution < 1.29 is 14.3 Å². The molecule has 0 unspecified atom stereocenters. The summed E-state index contributed by atoms with van der Waals surface area (Å²) >= 11 is 12.3. The predicted octanol–water partition coefficient (Wildman–Crippen LogP) is 5.48. The molecular formula is C25H25Cl2N3O3. The molecule has 1 fully saturated rings. The second-order valence-electron chi connectivity index (χ2n) is 7.99. The van der Waals surface area contributed by atoms with Crippen LogP contribution in [0.5, 0.6) is 5.88 Å². The van der Waals surface area contributed by atoms with Gasteiger partial charge in [-0.2, -0.15) is 0 Å². The van der Waals surface area contributed by atoms with Crippen molar-refractivity contribution in [3.63, 3.8) is 0 Å². The summed E-state index contributed by atoms with van der Waals surface area (Å²) in [4.78, 5) is 20.8. The van der Waals surface area contributed by atoms with E-state index in [2.05, 4.69) is 21.4 Å². The SMILES string of the molecule is O=C(COc1ccc(Cl)cn1)Cc1cc(-c2cccc(NCC3CCOCC3)c2)c(Cl)cn1. The van der Waals surface area contributed by atoms with E-state index in [0.717, 1.165) is 49.4 Å². The molecule has 172 valence electrons. The number of benzene rings is 1. The van der Waals surface area contributed by atoms with E-state index in [1.54, 1.807) is 18.3 Å². The van der Waals surface area contributed by atoms with Crippen LogP contribution in [0.3, 0.4) is 0 Å². The summed E-state index contributed by atoms with van der Waals surface area (Å²) < 4.78 is 10.9. The molecule has 8 heteroatoms. The normalized spacial score (nSPS) is 14.1. The van der Waals surface area contributed by atoms with Crippen LogP contribution < -0.4 is 10.1 Å². The van der Waals surface area contributed by atoms with E-state index < -0.39 is 0 Å². The number of Topliss-reactive ketones (excluding diaryl/α,β-unsaturated/α-hetero) is 1. The molecule has 6 nitrogen and oxygen atoms in total. The van der Waals surface area contributed by atoms with Crippen LogP contribution in [0.2, 0.25) is 10.0 Å². The Bertz CT molecular complexity index is 1090. The van der Waals surface area contributed by atoms with Crippen molar-refractivity contribution in [2.24, 2.45) is 5.92 Å². The van der Waals surface area contributed by atoms with Crippen molar-refractivity contribution in [1.82, 2.24) is 9.97 Å². The number of rotatable bonds is 9. The summed E-state index contributed by atoms with van der Waals surface area (Å²) in [6.07, 6.45) is 5.36. The zero-order chi connectivity index (χ0) is 23.0. The standard InChI is InChI=1S/C25H25Cl2N3O3/c26-19-4-5-25(30-14-19)33-16-22(31)11-21-12-23(24(27)15-29-21)18-2-1-3-20(10-18)28-13-17-6-8-32-9-7-17/h1-5,10,12,14-15,17,28H,6-9,11,13,16H2. The number of ether oxygens (including phenoxy) is 2. The van der Waals surface area contributed by atoms with Crippen LogP contribution in [0.25, 0.3) is 11.1 Å². The zero-order valence-electron chi connectivity index (χ0n) is 18.1. The van der Waals surface area contributed by atoms with Gasteiger partial charge in [0.2, 0.25) is 5.88 Å². The number of pyridine rings is 2. The first-order valence-electron chi connectivity index (χ1n) is 10.9. The summed E-state index contributed by atoms with van der Waals surface area (Å²) in [6.45, 7) is 2.49. The van der Waals surface area contributed by atoms with Crippen molar-refractivity contribution in [2.45, 2.75) is 19.3 Å². The van der Waals surface area contributed by atoms with Gasteiger partial charge in [0.05, 0.1) is 16.5 Å². The maximum absolute atomic E-state index is 12.4. The molecule has 2 aromatic heterocycles. The van der Waals surface area contributed by atoms with Gasteiger partial charge in [-0.3, -0.25) is 9.78 Å². The lowest BCUT2D eigenvalue weighted by atomic mass is 10.00. The van der Waals surface area contributed by atoms with Crippen molar-refractivity contribution in [2.75, 3.05) is 31.7 Å². The molecular weight excluding hydrogens is 461 g/mol. The van der Waals surface area contributed by atoms with E-state index in [9.17, 15) is 4.79 Å². The lowest BCUT2D eigenvalue weighted by Crippen LogP contribution is -2.22. The molecule has 1 saturated heterocycles. The number of hydrogen-bond donors (Lipinski definition) is 1. The minimum absolute atomic E-state index is 0.0973. The molecule has 33 heavy (non-hydrogen) atoms. The van der Waals surface area contributed by atoms with Gasteiger partial charge in [0.15, 0.2) is 5.78 Å². The van der Waals surface area contributed by atoms with E-state index >= 15 is 0 Å². The van der Waals surface area contributed by atoms with E-state index in [1.807, 2.05) is 24.3 Å². The van der Waals surface area contributed by atoms with Crippen LogP contribution >= 0.6 is 23.2 Å². The molecule has 3 heterocycles. The van der Waals surface area contributed by atoms with Crippen LogP contribution in [0.15, 0.2) is 54.9 Å². The third-order valence-corrected chi connectivity index (χ3v) is 6.01. The Morgan fingerprint density at radius 3 is 2.73 bits per heavy atom. The van der Waals surface area contributed by atoms with E-state index in [0.29, 0.717) is 27.5 Å². The predicted molar refractivity (Wildman–Crippen MR) is 130 cm³/mol. The lowest BCUT2D eigenvalue weighted by Gasteiger charge is -2.22. The fraction of sp³-hybridized carbons (Fsp3) is 0.320. The highest BCUT2D eigenvalue weighted by Crippen LogP contribution is 2.30. The van der Waals surface area contributed by atoms with Crippen LogP contribution in [-0.2, 0) is 16.0 Å². The number of ketones is 1. The fourth-order valence-corrected chi connectivity index (χ4v) is 3.99. The van der Waals surface area contributed by atoms with Gasteiger partial charge in [0.25, 0.3) is 0 Å².